The summed E-state index contributed by atoms with van der Waals surface area (Å²) in [5, 5.41) is 8.27. The minimum Gasteiger partial charge on any atom is -0.350 e. The molecule has 2 rings (SSSR count). The van der Waals surface area contributed by atoms with Gasteiger partial charge in [0.2, 0.25) is 0 Å². The van der Waals surface area contributed by atoms with E-state index >= 15 is 0 Å². The highest BCUT2D eigenvalue weighted by Gasteiger charge is 2.05. The number of benzene rings is 2. The molecule has 0 bridgehead atoms. The van der Waals surface area contributed by atoms with E-state index in [-0.39, 0.29) is 11.9 Å². The maximum Gasteiger partial charge on any atom is 0.314 e. The van der Waals surface area contributed by atoms with Gasteiger partial charge in [0.15, 0.2) is 0 Å². The summed E-state index contributed by atoms with van der Waals surface area (Å²) >= 11 is 6.81. The van der Waals surface area contributed by atoms with E-state index in [1.165, 1.54) is 0 Å². The first-order valence-electron chi connectivity index (χ1n) is 7.85. The lowest BCUT2D eigenvalue weighted by atomic mass is 10.1. The molecule has 5 nitrogen and oxygen atoms in total. The van der Waals surface area contributed by atoms with Crippen molar-refractivity contribution in [3.63, 3.8) is 0 Å². The molecule has 0 atom stereocenters. The molecule has 2 aromatic carbocycles. The Labute approximate surface area is 163 Å². The Balaban J connectivity index is 1.61. The van der Waals surface area contributed by atoms with Crippen molar-refractivity contribution in [3.8, 4) is 0 Å². The van der Waals surface area contributed by atoms with Crippen LogP contribution in [0.1, 0.15) is 15.9 Å². The van der Waals surface area contributed by atoms with Gasteiger partial charge in [0.05, 0.1) is 0 Å². The summed E-state index contributed by atoms with van der Waals surface area (Å²) in [7, 11) is 0. The molecule has 0 heterocycles. The van der Waals surface area contributed by atoms with Crippen molar-refractivity contribution in [2.45, 2.75) is 6.42 Å². The van der Waals surface area contributed by atoms with Gasteiger partial charge < -0.3 is 16.0 Å². The molecule has 3 amide bonds. The van der Waals surface area contributed by atoms with Crippen LogP contribution in [0.3, 0.4) is 0 Å². The topological polar surface area (TPSA) is 70.2 Å². The number of urea groups is 1. The lowest BCUT2D eigenvalue weighted by Gasteiger charge is -2.09. The third-order valence-corrected chi connectivity index (χ3v) is 4.69. The van der Waals surface area contributed by atoms with Gasteiger partial charge in [-0.1, -0.05) is 56.1 Å². The Morgan fingerprint density at radius 2 is 1.56 bits per heavy atom. The predicted octanol–water partition coefficient (Wildman–Crippen LogP) is 3.48. The van der Waals surface area contributed by atoms with Crippen LogP contribution in [-0.4, -0.2) is 31.6 Å². The molecule has 7 heteroatoms. The van der Waals surface area contributed by atoms with Crippen LogP contribution in [0.25, 0.3) is 0 Å². The summed E-state index contributed by atoms with van der Waals surface area (Å²) < 4.78 is 1.88. The number of hydrogen-bond acceptors (Lipinski definition) is 2. The quantitative estimate of drug-likeness (QED) is 0.544. The summed E-state index contributed by atoms with van der Waals surface area (Å²) in [6.07, 6.45) is 0.745. The van der Waals surface area contributed by atoms with Crippen molar-refractivity contribution in [1.82, 2.24) is 16.0 Å². The Morgan fingerprint density at radius 1 is 0.840 bits per heavy atom. The van der Waals surface area contributed by atoms with Crippen LogP contribution < -0.4 is 16.0 Å². The summed E-state index contributed by atoms with van der Waals surface area (Å²) in [6.45, 7) is 1.27. The molecule has 0 unspecified atom stereocenters. The maximum absolute atomic E-state index is 11.9. The second-order valence-electron chi connectivity index (χ2n) is 5.29. The normalized spacial score (nSPS) is 10.2. The van der Waals surface area contributed by atoms with E-state index in [1.807, 2.05) is 30.3 Å². The molecule has 25 heavy (non-hydrogen) atoms. The molecule has 0 aliphatic heterocycles. The van der Waals surface area contributed by atoms with Gasteiger partial charge in [-0.15, -0.1) is 0 Å². The largest absolute Gasteiger partial charge is 0.350 e. The van der Waals surface area contributed by atoms with E-state index in [0.29, 0.717) is 25.2 Å². The molecular formula is C18H19Br2N3O2. The molecule has 3 N–H and O–H groups in total. The van der Waals surface area contributed by atoms with Gasteiger partial charge in [-0.25, -0.2) is 4.79 Å². The molecule has 0 radical (unpaired) electrons. The Kier molecular flexibility index (Phi) is 7.94. The van der Waals surface area contributed by atoms with Crippen LogP contribution in [0, 0.1) is 0 Å². The summed E-state index contributed by atoms with van der Waals surface area (Å²) in [4.78, 5) is 23.7. The molecule has 0 aromatic heterocycles. The van der Waals surface area contributed by atoms with Gasteiger partial charge in [-0.2, -0.15) is 0 Å². The number of nitrogens with one attached hydrogen (secondary N) is 3. The number of amides is 3. The number of rotatable bonds is 7. The fourth-order valence-corrected chi connectivity index (χ4v) is 3.04. The van der Waals surface area contributed by atoms with Crippen LogP contribution in [0.4, 0.5) is 4.79 Å². The maximum atomic E-state index is 11.9. The first-order chi connectivity index (χ1) is 12.1. The van der Waals surface area contributed by atoms with Crippen LogP contribution >= 0.6 is 31.9 Å². The van der Waals surface area contributed by atoms with Gasteiger partial charge in [0.1, 0.15) is 0 Å². The average molecular weight is 469 g/mol. The third kappa shape index (κ3) is 6.88. The van der Waals surface area contributed by atoms with Crippen molar-refractivity contribution in [3.05, 3.63) is 68.6 Å². The van der Waals surface area contributed by atoms with Crippen LogP contribution in [-0.2, 0) is 6.42 Å². The zero-order chi connectivity index (χ0) is 18.1. The highest BCUT2D eigenvalue weighted by Crippen LogP contribution is 2.15. The van der Waals surface area contributed by atoms with Crippen LogP contribution in [0.2, 0.25) is 0 Å². The predicted molar refractivity (Wildman–Crippen MR) is 106 cm³/mol. The van der Waals surface area contributed by atoms with Gasteiger partial charge in [-0.05, 0) is 36.2 Å². The standard InChI is InChI=1S/C18H19Br2N3O2/c19-15-6-3-5-14(12-15)17(24)21-10-11-23-18(25)22-9-8-13-4-1-2-7-16(13)20/h1-7,12H,8-11H2,(H,21,24)(H2,22,23,25). The Hall–Kier alpha value is -1.86. The number of hydrogen-bond donors (Lipinski definition) is 3. The number of halogens is 2. The first kappa shape index (κ1) is 19.5. The van der Waals surface area contributed by atoms with Gasteiger partial charge in [-0.3, -0.25) is 4.79 Å². The van der Waals surface area contributed by atoms with Crippen molar-refractivity contribution in [2.75, 3.05) is 19.6 Å². The highest BCUT2D eigenvalue weighted by molar-refractivity contribution is 9.10. The molecule has 0 spiro atoms. The number of carbonyl (C=O) groups is 2. The Bertz CT molecular complexity index is 738. The molecule has 0 aliphatic rings. The van der Waals surface area contributed by atoms with E-state index in [4.69, 9.17) is 0 Å². The Morgan fingerprint density at radius 3 is 2.32 bits per heavy atom. The van der Waals surface area contributed by atoms with Crippen molar-refractivity contribution < 1.29 is 9.59 Å². The fraction of sp³-hybridized carbons (Fsp3) is 0.222. The lowest BCUT2D eigenvalue weighted by Crippen LogP contribution is -2.40. The molecule has 0 saturated carbocycles. The lowest BCUT2D eigenvalue weighted by molar-refractivity contribution is 0.0953. The zero-order valence-electron chi connectivity index (χ0n) is 13.5. The molecule has 0 fully saturated rings. The van der Waals surface area contributed by atoms with Crippen molar-refractivity contribution >= 4 is 43.8 Å². The molecule has 0 saturated heterocycles. The minimum absolute atomic E-state index is 0.169. The van der Waals surface area contributed by atoms with E-state index in [9.17, 15) is 9.59 Å². The van der Waals surface area contributed by atoms with Crippen LogP contribution in [0.5, 0.6) is 0 Å². The third-order valence-electron chi connectivity index (χ3n) is 3.42. The monoisotopic (exact) mass is 467 g/mol. The molecular weight excluding hydrogens is 450 g/mol. The first-order valence-corrected chi connectivity index (χ1v) is 9.44. The second kappa shape index (κ2) is 10.2. The summed E-state index contributed by atoms with van der Waals surface area (Å²) in [5.74, 6) is -0.169. The van der Waals surface area contributed by atoms with Crippen molar-refractivity contribution in [1.29, 1.82) is 0 Å². The molecule has 2 aromatic rings. The van der Waals surface area contributed by atoms with Crippen LogP contribution in [0.15, 0.2) is 57.5 Å². The zero-order valence-corrected chi connectivity index (χ0v) is 16.7. The summed E-state index contributed by atoms with van der Waals surface area (Å²) in [6, 6.07) is 14.8. The summed E-state index contributed by atoms with van der Waals surface area (Å²) in [5.41, 5.74) is 1.72. The number of carbonyl (C=O) groups excluding carboxylic acids is 2. The molecule has 132 valence electrons. The fourth-order valence-electron chi connectivity index (χ4n) is 2.16. The second-order valence-corrected chi connectivity index (χ2v) is 7.06. The van der Waals surface area contributed by atoms with E-state index in [0.717, 1.165) is 20.9 Å². The smallest absolute Gasteiger partial charge is 0.314 e. The van der Waals surface area contributed by atoms with E-state index < -0.39 is 0 Å². The minimum atomic E-state index is -0.247. The average Bonchev–Trinajstić information content (AvgIpc) is 2.60. The molecule has 0 aliphatic carbocycles. The van der Waals surface area contributed by atoms with Gasteiger partial charge in [0, 0.05) is 34.1 Å². The van der Waals surface area contributed by atoms with E-state index in [1.54, 1.807) is 18.2 Å². The SMILES string of the molecule is O=C(NCCNC(=O)c1cccc(Br)c1)NCCc1ccccc1Br. The van der Waals surface area contributed by atoms with Gasteiger partial charge in [0.25, 0.3) is 5.91 Å². The van der Waals surface area contributed by atoms with Gasteiger partial charge >= 0.3 is 6.03 Å². The van der Waals surface area contributed by atoms with Crippen molar-refractivity contribution in [2.24, 2.45) is 0 Å². The van der Waals surface area contributed by atoms with E-state index in [2.05, 4.69) is 47.8 Å². The highest BCUT2D eigenvalue weighted by atomic mass is 79.9.